The van der Waals surface area contributed by atoms with E-state index in [1.165, 1.54) is 0 Å². The fourth-order valence-corrected chi connectivity index (χ4v) is 1.69. The van der Waals surface area contributed by atoms with Crippen molar-refractivity contribution in [3.05, 3.63) is 18.2 Å². The number of nitrogens with zero attached hydrogens (tertiary/aromatic N) is 2. The minimum absolute atomic E-state index is 0.0172. The molecule has 0 bridgehead atoms. The number of hydrogen-bond donors (Lipinski definition) is 1. The Bertz CT molecular complexity index is 426. The first kappa shape index (κ1) is 14.2. The van der Waals surface area contributed by atoms with Crippen LogP contribution in [0, 0.1) is 17.2 Å². The van der Waals surface area contributed by atoms with Gasteiger partial charge in [-0.3, -0.25) is 0 Å². The van der Waals surface area contributed by atoms with E-state index in [9.17, 15) is 0 Å². The molecule has 2 N–H and O–H groups in total. The number of ether oxygens (including phenoxy) is 1. The molecule has 0 heterocycles. The summed E-state index contributed by atoms with van der Waals surface area (Å²) in [6.45, 7) is 5.32. The first-order chi connectivity index (χ1) is 8.56. The Hall–Kier alpha value is -1.89. The van der Waals surface area contributed by atoms with Crippen LogP contribution in [-0.2, 0) is 0 Å². The molecule has 0 radical (unpaired) electrons. The zero-order valence-electron chi connectivity index (χ0n) is 11.3. The Morgan fingerprint density at radius 3 is 2.78 bits per heavy atom. The Balaban J connectivity index is 2.81. The Morgan fingerprint density at radius 2 is 2.17 bits per heavy atom. The second-order valence-electron chi connectivity index (χ2n) is 4.52. The SMILES string of the molecule is CCCOc1cc(N)cc(N(C)CC(C)C#N)c1. The van der Waals surface area contributed by atoms with Crippen molar-refractivity contribution in [3.8, 4) is 11.8 Å². The van der Waals surface area contributed by atoms with Crippen LogP contribution in [0.15, 0.2) is 18.2 Å². The largest absolute Gasteiger partial charge is 0.493 e. The number of nitrogen functional groups attached to an aromatic ring is 1. The van der Waals surface area contributed by atoms with Gasteiger partial charge < -0.3 is 15.4 Å². The molecule has 4 nitrogen and oxygen atoms in total. The maximum atomic E-state index is 8.83. The predicted octanol–water partition coefficient (Wildman–Crippen LogP) is 2.65. The van der Waals surface area contributed by atoms with Crippen LogP contribution in [0.1, 0.15) is 20.3 Å². The van der Waals surface area contributed by atoms with E-state index in [-0.39, 0.29) is 5.92 Å². The highest BCUT2D eigenvalue weighted by Gasteiger charge is 2.08. The standard InChI is InChI=1S/C14H21N3O/c1-4-5-18-14-7-12(16)6-13(8-14)17(3)10-11(2)9-15/h6-8,11H,4-5,10,16H2,1-3H3. The van der Waals surface area contributed by atoms with Crippen LogP contribution < -0.4 is 15.4 Å². The lowest BCUT2D eigenvalue weighted by Crippen LogP contribution is -2.23. The molecular formula is C14H21N3O. The highest BCUT2D eigenvalue weighted by Crippen LogP contribution is 2.25. The molecule has 1 atom stereocenters. The molecule has 18 heavy (non-hydrogen) atoms. The number of benzene rings is 1. The monoisotopic (exact) mass is 247 g/mol. The van der Waals surface area contributed by atoms with E-state index in [0.29, 0.717) is 18.8 Å². The minimum Gasteiger partial charge on any atom is -0.493 e. The molecule has 0 aliphatic rings. The molecular weight excluding hydrogens is 226 g/mol. The smallest absolute Gasteiger partial charge is 0.123 e. The predicted molar refractivity (Wildman–Crippen MR) is 74.7 cm³/mol. The van der Waals surface area contributed by atoms with Crippen molar-refractivity contribution in [3.63, 3.8) is 0 Å². The van der Waals surface area contributed by atoms with Crippen molar-refractivity contribution >= 4 is 11.4 Å². The van der Waals surface area contributed by atoms with Gasteiger partial charge >= 0.3 is 0 Å². The minimum atomic E-state index is -0.0172. The molecule has 1 rings (SSSR count). The second kappa shape index (κ2) is 6.75. The summed E-state index contributed by atoms with van der Waals surface area (Å²) < 4.78 is 5.59. The lowest BCUT2D eigenvalue weighted by Gasteiger charge is -2.21. The fraction of sp³-hybridized carbons (Fsp3) is 0.500. The van der Waals surface area contributed by atoms with Crippen LogP contribution in [0.4, 0.5) is 11.4 Å². The van der Waals surface area contributed by atoms with Gasteiger partial charge in [0.1, 0.15) is 5.75 Å². The van der Waals surface area contributed by atoms with Gasteiger partial charge in [0.25, 0.3) is 0 Å². The third-order valence-electron chi connectivity index (χ3n) is 2.60. The van der Waals surface area contributed by atoms with Crippen molar-refractivity contribution in [1.29, 1.82) is 5.26 Å². The van der Waals surface area contributed by atoms with E-state index in [1.807, 2.05) is 37.1 Å². The van der Waals surface area contributed by atoms with Crippen LogP contribution in [0.5, 0.6) is 5.75 Å². The summed E-state index contributed by atoms with van der Waals surface area (Å²) in [6, 6.07) is 7.89. The second-order valence-corrected chi connectivity index (χ2v) is 4.52. The molecule has 0 saturated carbocycles. The molecule has 98 valence electrons. The van der Waals surface area contributed by atoms with Gasteiger partial charge in [-0.2, -0.15) is 5.26 Å². The summed E-state index contributed by atoms with van der Waals surface area (Å²) >= 11 is 0. The maximum Gasteiger partial charge on any atom is 0.123 e. The fourth-order valence-electron chi connectivity index (χ4n) is 1.69. The molecule has 0 spiro atoms. The summed E-state index contributed by atoms with van der Waals surface area (Å²) in [5, 5.41) is 8.83. The highest BCUT2D eigenvalue weighted by molar-refractivity contribution is 5.60. The Kier molecular flexibility index (Phi) is 5.31. The average molecular weight is 247 g/mol. The average Bonchev–Trinajstić information content (AvgIpc) is 2.35. The third-order valence-corrected chi connectivity index (χ3v) is 2.60. The first-order valence-electron chi connectivity index (χ1n) is 6.21. The Morgan fingerprint density at radius 1 is 1.44 bits per heavy atom. The van der Waals surface area contributed by atoms with E-state index in [2.05, 4.69) is 13.0 Å². The quantitative estimate of drug-likeness (QED) is 0.785. The van der Waals surface area contributed by atoms with Gasteiger partial charge in [0.2, 0.25) is 0 Å². The van der Waals surface area contributed by atoms with Gasteiger partial charge in [-0.25, -0.2) is 0 Å². The van der Waals surface area contributed by atoms with E-state index >= 15 is 0 Å². The van der Waals surface area contributed by atoms with Crippen LogP contribution in [-0.4, -0.2) is 20.2 Å². The van der Waals surface area contributed by atoms with Crippen LogP contribution in [0.2, 0.25) is 0 Å². The van der Waals surface area contributed by atoms with Crippen LogP contribution in [0.25, 0.3) is 0 Å². The normalized spacial score (nSPS) is 11.7. The van der Waals surface area contributed by atoms with E-state index in [1.54, 1.807) is 0 Å². The zero-order chi connectivity index (χ0) is 13.5. The lowest BCUT2D eigenvalue weighted by molar-refractivity contribution is 0.317. The van der Waals surface area contributed by atoms with Crippen LogP contribution >= 0.6 is 0 Å². The van der Waals surface area contributed by atoms with Crippen molar-refractivity contribution in [2.75, 3.05) is 30.8 Å². The molecule has 1 unspecified atom stereocenters. The van der Waals surface area contributed by atoms with Crippen molar-refractivity contribution in [2.24, 2.45) is 5.92 Å². The van der Waals surface area contributed by atoms with E-state index in [4.69, 9.17) is 15.7 Å². The summed E-state index contributed by atoms with van der Waals surface area (Å²) in [7, 11) is 1.95. The summed E-state index contributed by atoms with van der Waals surface area (Å²) in [5.41, 5.74) is 7.51. The maximum absolute atomic E-state index is 8.83. The van der Waals surface area contributed by atoms with Gasteiger partial charge in [0, 0.05) is 37.1 Å². The van der Waals surface area contributed by atoms with E-state index < -0.39 is 0 Å². The molecule has 1 aromatic carbocycles. The van der Waals surface area contributed by atoms with Crippen molar-refractivity contribution < 1.29 is 4.74 Å². The van der Waals surface area contributed by atoms with Crippen LogP contribution in [0.3, 0.4) is 0 Å². The van der Waals surface area contributed by atoms with Gasteiger partial charge in [0.15, 0.2) is 0 Å². The number of anilines is 2. The molecule has 4 heteroatoms. The third kappa shape index (κ3) is 4.17. The molecule has 0 fully saturated rings. The van der Waals surface area contributed by atoms with Gasteiger partial charge in [0.05, 0.1) is 18.6 Å². The number of nitriles is 1. The topological polar surface area (TPSA) is 62.3 Å². The number of nitrogens with two attached hydrogens (primary N) is 1. The molecule has 0 saturated heterocycles. The summed E-state index contributed by atoms with van der Waals surface area (Å²) in [4.78, 5) is 2.02. The molecule has 1 aromatic rings. The van der Waals surface area contributed by atoms with Gasteiger partial charge in [-0.15, -0.1) is 0 Å². The van der Waals surface area contributed by atoms with Gasteiger partial charge in [-0.1, -0.05) is 6.92 Å². The molecule has 0 amide bonds. The number of rotatable bonds is 6. The zero-order valence-corrected chi connectivity index (χ0v) is 11.3. The van der Waals surface area contributed by atoms with E-state index in [0.717, 1.165) is 17.9 Å². The lowest BCUT2D eigenvalue weighted by atomic mass is 10.2. The summed E-state index contributed by atoms with van der Waals surface area (Å²) in [5.74, 6) is 0.764. The molecule has 0 aliphatic heterocycles. The molecule has 0 aliphatic carbocycles. The van der Waals surface area contributed by atoms with Crippen molar-refractivity contribution in [1.82, 2.24) is 0 Å². The number of hydrogen-bond acceptors (Lipinski definition) is 4. The molecule has 0 aromatic heterocycles. The van der Waals surface area contributed by atoms with Crippen molar-refractivity contribution in [2.45, 2.75) is 20.3 Å². The van der Waals surface area contributed by atoms with Gasteiger partial charge in [-0.05, 0) is 19.4 Å². The highest BCUT2D eigenvalue weighted by atomic mass is 16.5. The Labute approximate surface area is 109 Å². The first-order valence-corrected chi connectivity index (χ1v) is 6.21. The summed E-state index contributed by atoms with van der Waals surface area (Å²) in [6.07, 6.45) is 0.964.